The van der Waals surface area contributed by atoms with Crippen LogP contribution in [0.15, 0.2) is 77.7 Å². The van der Waals surface area contributed by atoms with Gasteiger partial charge in [-0.1, -0.05) is 71.9 Å². The zero-order valence-corrected chi connectivity index (χ0v) is 25.0. The summed E-state index contributed by atoms with van der Waals surface area (Å²) in [6, 6.07) is 18.1. The fourth-order valence-electron chi connectivity index (χ4n) is 4.66. The van der Waals surface area contributed by atoms with E-state index < -0.39 is 28.5 Å². The van der Waals surface area contributed by atoms with Crippen LogP contribution in [-0.2, 0) is 26.2 Å². The third kappa shape index (κ3) is 7.29. The van der Waals surface area contributed by atoms with E-state index >= 15 is 0 Å². The highest BCUT2D eigenvalue weighted by molar-refractivity contribution is 7.92. The van der Waals surface area contributed by atoms with Crippen molar-refractivity contribution in [3.63, 3.8) is 0 Å². The Hall–Kier alpha value is -2.78. The van der Waals surface area contributed by atoms with Crippen LogP contribution in [0.3, 0.4) is 0 Å². The lowest BCUT2D eigenvalue weighted by Gasteiger charge is -2.32. The van der Waals surface area contributed by atoms with Gasteiger partial charge in [0, 0.05) is 27.7 Å². The Bertz CT molecular complexity index is 1450. The summed E-state index contributed by atoms with van der Waals surface area (Å²) in [5.74, 6) is -0.885. The molecule has 4 rings (SSSR count). The molecule has 0 bridgehead atoms. The summed E-state index contributed by atoms with van der Waals surface area (Å²) in [5.41, 5.74) is 0.832. The van der Waals surface area contributed by atoms with Crippen LogP contribution in [0, 0.1) is 0 Å². The molecule has 0 saturated heterocycles. The lowest BCUT2D eigenvalue weighted by Crippen LogP contribution is -2.52. The molecule has 11 heteroatoms. The van der Waals surface area contributed by atoms with Gasteiger partial charge in [-0.15, -0.1) is 0 Å². The average molecular weight is 623 g/mol. The number of sulfonamides is 1. The first-order valence-electron chi connectivity index (χ1n) is 12.9. The Morgan fingerprint density at radius 2 is 1.55 bits per heavy atom. The molecule has 3 aromatic rings. The van der Waals surface area contributed by atoms with Crippen LogP contribution in [-0.4, -0.2) is 43.8 Å². The first-order chi connectivity index (χ1) is 19.1. The minimum atomic E-state index is -4.15. The number of amides is 2. The maximum Gasteiger partial charge on any atom is 0.264 e. The Balaban J connectivity index is 1.69. The second kappa shape index (κ2) is 13.3. The van der Waals surface area contributed by atoms with E-state index in [1.807, 2.05) is 0 Å². The van der Waals surface area contributed by atoms with Gasteiger partial charge in [0.05, 0.1) is 10.6 Å². The summed E-state index contributed by atoms with van der Waals surface area (Å²) in [4.78, 5) is 28.6. The fourth-order valence-corrected chi connectivity index (χ4v) is 6.69. The Labute approximate surface area is 250 Å². The molecule has 1 N–H and O–H groups in total. The standard InChI is InChI=1S/C29H30Cl3N3O4S/c1-20(29(37)33-24-7-5-6-8-24)34(18-21-11-12-23(31)17-27(21)32)28(36)19-35(25-15-13-22(30)14-16-25)40(38,39)26-9-3-2-4-10-26/h2-4,9-17,20,24H,5-8,18-19H2,1H3,(H,33,37)/t20-/m0/s1. The van der Waals surface area contributed by atoms with E-state index in [0.717, 1.165) is 30.0 Å². The topological polar surface area (TPSA) is 86.8 Å². The van der Waals surface area contributed by atoms with E-state index in [1.165, 1.54) is 29.2 Å². The molecule has 0 aromatic heterocycles. The third-order valence-corrected chi connectivity index (χ3v) is 9.58. The molecule has 0 unspecified atom stereocenters. The van der Waals surface area contributed by atoms with Gasteiger partial charge in [0.15, 0.2) is 0 Å². The van der Waals surface area contributed by atoms with Gasteiger partial charge in [0.25, 0.3) is 10.0 Å². The second-order valence-electron chi connectivity index (χ2n) is 9.72. The molecular weight excluding hydrogens is 593 g/mol. The second-order valence-corrected chi connectivity index (χ2v) is 12.9. The van der Waals surface area contributed by atoms with Gasteiger partial charge in [0.2, 0.25) is 11.8 Å². The molecule has 2 amide bonds. The van der Waals surface area contributed by atoms with Gasteiger partial charge in [-0.25, -0.2) is 8.42 Å². The molecule has 40 heavy (non-hydrogen) atoms. The number of halogens is 3. The summed E-state index contributed by atoms with van der Waals surface area (Å²) in [6.07, 6.45) is 3.84. The summed E-state index contributed by atoms with van der Waals surface area (Å²) >= 11 is 18.6. The van der Waals surface area contributed by atoms with Crippen molar-refractivity contribution in [3.05, 3.63) is 93.4 Å². The van der Waals surface area contributed by atoms with Gasteiger partial charge in [-0.3, -0.25) is 13.9 Å². The molecule has 3 aromatic carbocycles. The quantitative estimate of drug-likeness (QED) is 0.287. The van der Waals surface area contributed by atoms with E-state index in [0.29, 0.717) is 20.6 Å². The van der Waals surface area contributed by atoms with Gasteiger partial charge in [0.1, 0.15) is 12.6 Å². The molecule has 1 aliphatic carbocycles. The third-order valence-electron chi connectivity index (χ3n) is 6.95. The maximum atomic E-state index is 14.0. The molecule has 212 valence electrons. The van der Waals surface area contributed by atoms with E-state index in [2.05, 4.69) is 5.32 Å². The number of carbonyl (C=O) groups is 2. The van der Waals surface area contributed by atoms with Crippen LogP contribution in [0.25, 0.3) is 0 Å². The molecule has 0 aliphatic heterocycles. The SMILES string of the molecule is C[C@@H](C(=O)NC1CCCC1)N(Cc1ccc(Cl)cc1Cl)C(=O)CN(c1ccc(Cl)cc1)S(=O)(=O)c1ccccc1. The number of hydrogen-bond acceptors (Lipinski definition) is 4. The molecule has 1 fully saturated rings. The average Bonchev–Trinajstić information content (AvgIpc) is 3.45. The van der Waals surface area contributed by atoms with E-state index in [9.17, 15) is 18.0 Å². The minimum absolute atomic E-state index is 0.0199. The lowest BCUT2D eigenvalue weighted by atomic mass is 10.1. The van der Waals surface area contributed by atoms with Gasteiger partial charge in [-0.05, 0) is 73.9 Å². The van der Waals surface area contributed by atoms with Crippen LogP contribution >= 0.6 is 34.8 Å². The predicted octanol–water partition coefficient (Wildman–Crippen LogP) is 6.32. The van der Waals surface area contributed by atoms with Crippen molar-refractivity contribution in [3.8, 4) is 0 Å². The molecule has 7 nitrogen and oxygen atoms in total. The zero-order valence-electron chi connectivity index (χ0n) is 21.9. The van der Waals surface area contributed by atoms with Crippen molar-refractivity contribution < 1.29 is 18.0 Å². The highest BCUT2D eigenvalue weighted by Gasteiger charge is 2.33. The molecule has 1 atom stereocenters. The maximum absolute atomic E-state index is 14.0. The number of carbonyl (C=O) groups excluding carboxylic acids is 2. The summed E-state index contributed by atoms with van der Waals surface area (Å²) in [6.45, 7) is 1.06. The fraction of sp³-hybridized carbons (Fsp3) is 0.310. The van der Waals surface area contributed by atoms with Crippen LogP contribution in [0.5, 0.6) is 0 Å². The lowest BCUT2D eigenvalue weighted by molar-refractivity contribution is -0.139. The van der Waals surface area contributed by atoms with E-state index in [-0.39, 0.29) is 29.1 Å². The Kier molecular flexibility index (Phi) is 10.0. The van der Waals surface area contributed by atoms with Crippen molar-refractivity contribution in [2.24, 2.45) is 0 Å². The van der Waals surface area contributed by atoms with Gasteiger partial charge >= 0.3 is 0 Å². The number of anilines is 1. The predicted molar refractivity (Wildman–Crippen MR) is 159 cm³/mol. The molecular formula is C29H30Cl3N3O4S. The zero-order chi connectivity index (χ0) is 28.9. The first-order valence-corrected chi connectivity index (χ1v) is 15.5. The summed E-state index contributed by atoms with van der Waals surface area (Å²) in [7, 11) is -4.15. The largest absolute Gasteiger partial charge is 0.352 e. The van der Waals surface area contributed by atoms with E-state index in [4.69, 9.17) is 34.8 Å². The first kappa shape index (κ1) is 30.2. The van der Waals surface area contributed by atoms with Crippen molar-refractivity contribution in [1.82, 2.24) is 10.2 Å². The van der Waals surface area contributed by atoms with E-state index in [1.54, 1.807) is 55.5 Å². The van der Waals surface area contributed by atoms with Crippen molar-refractivity contribution in [2.75, 3.05) is 10.8 Å². The van der Waals surface area contributed by atoms with Crippen molar-refractivity contribution in [2.45, 2.75) is 56.1 Å². The van der Waals surface area contributed by atoms with Crippen LogP contribution in [0.4, 0.5) is 5.69 Å². The van der Waals surface area contributed by atoms with Crippen LogP contribution < -0.4 is 9.62 Å². The molecule has 0 spiro atoms. The molecule has 1 saturated carbocycles. The number of rotatable bonds is 10. The Morgan fingerprint density at radius 1 is 0.925 bits per heavy atom. The number of nitrogens with zero attached hydrogens (tertiary/aromatic N) is 2. The smallest absolute Gasteiger partial charge is 0.264 e. The molecule has 0 heterocycles. The number of nitrogens with one attached hydrogen (secondary N) is 1. The molecule has 1 aliphatic rings. The number of hydrogen-bond donors (Lipinski definition) is 1. The van der Waals surface area contributed by atoms with Crippen LogP contribution in [0.2, 0.25) is 15.1 Å². The van der Waals surface area contributed by atoms with Crippen molar-refractivity contribution >= 4 is 62.3 Å². The highest BCUT2D eigenvalue weighted by atomic mass is 35.5. The summed E-state index contributed by atoms with van der Waals surface area (Å²) < 4.78 is 28.6. The van der Waals surface area contributed by atoms with Gasteiger partial charge < -0.3 is 10.2 Å². The minimum Gasteiger partial charge on any atom is -0.352 e. The van der Waals surface area contributed by atoms with Crippen molar-refractivity contribution in [1.29, 1.82) is 0 Å². The normalized spacial score (nSPS) is 14.5. The molecule has 0 radical (unpaired) electrons. The number of benzene rings is 3. The van der Waals surface area contributed by atoms with Crippen LogP contribution in [0.1, 0.15) is 38.2 Å². The van der Waals surface area contributed by atoms with Gasteiger partial charge in [-0.2, -0.15) is 0 Å². The Morgan fingerprint density at radius 3 is 2.17 bits per heavy atom. The highest BCUT2D eigenvalue weighted by Crippen LogP contribution is 2.27. The monoisotopic (exact) mass is 621 g/mol. The summed E-state index contributed by atoms with van der Waals surface area (Å²) in [5, 5.41) is 4.22.